The van der Waals surface area contributed by atoms with Crippen molar-refractivity contribution in [1.29, 1.82) is 0 Å². The molecule has 110 valence electrons. The van der Waals surface area contributed by atoms with E-state index in [4.69, 9.17) is 0 Å². The van der Waals surface area contributed by atoms with Crippen LogP contribution in [-0.2, 0) is 0 Å². The average molecular weight is 275 g/mol. The molecular formula is C15H25N5. The lowest BCUT2D eigenvalue weighted by Gasteiger charge is -2.41. The Bertz CT molecular complexity index is 396. The second-order valence-corrected chi connectivity index (χ2v) is 5.90. The fourth-order valence-electron chi connectivity index (χ4n) is 3.41. The SMILES string of the molecule is CC(C1CCNCC1)N1CCN(c2ncccn2)CC1. The van der Waals surface area contributed by atoms with E-state index < -0.39 is 0 Å². The summed E-state index contributed by atoms with van der Waals surface area (Å²) in [4.78, 5) is 13.6. The molecule has 1 unspecified atom stereocenters. The van der Waals surface area contributed by atoms with Gasteiger partial charge in [-0.25, -0.2) is 9.97 Å². The van der Waals surface area contributed by atoms with E-state index in [9.17, 15) is 0 Å². The molecule has 20 heavy (non-hydrogen) atoms. The van der Waals surface area contributed by atoms with Gasteiger partial charge >= 0.3 is 0 Å². The summed E-state index contributed by atoms with van der Waals surface area (Å²) >= 11 is 0. The molecule has 0 saturated carbocycles. The van der Waals surface area contributed by atoms with Crippen LogP contribution in [0.15, 0.2) is 18.5 Å². The predicted molar refractivity (Wildman–Crippen MR) is 80.9 cm³/mol. The molecule has 5 nitrogen and oxygen atoms in total. The van der Waals surface area contributed by atoms with Gasteiger partial charge in [-0.15, -0.1) is 0 Å². The van der Waals surface area contributed by atoms with Gasteiger partial charge in [0.05, 0.1) is 0 Å². The molecule has 2 aliphatic heterocycles. The number of nitrogens with zero attached hydrogens (tertiary/aromatic N) is 4. The molecule has 2 fully saturated rings. The number of piperazine rings is 1. The molecule has 2 saturated heterocycles. The van der Waals surface area contributed by atoms with Crippen LogP contribution in [0, 0.1) is 5.92 Å². The normalized spacial score (nSPS) is 23.8. The molecule has 3 heterocycles. The molecule has 1 aromatic rings. The molecule has 0 spiro atoms. The monoisotopic (exact) mass is 275 g/mol. The van der Waals surface area contributed by atoms with Crippen LogP contribution in [0.4, 0.5) is 5.95 Å². The van der Waals surface area contributed by atoms with Crippen LogP contribution in [0.25, 0.3) is 0 Å². The van der Waals surface area contributed by atoms with Gasteiger partial charge in [0.15, 0.2) is 0 Å². The van der Waals surface area contributed by atoms with Crippen LogP contribution in [0.3, 0.4) is 0 Å². The van der Waals surface area contributed by atoms with Crippen molar-refractivity contribution in [3.63, 3.8) is 0 Å². The van der Waals surface area contributed by atoms with Crippen LogP contribution in [0.2, 0.25) is 0 Å². The summed E-state index contributed by atoms with van der Waals surface area (Å²) < 4.78 is 0. The maximum atomic E-state index is 4.35. The number of nitrogens with one attached hydrogen (secondary N) is 1. The zero-order valence-corrected chi connectivity index (χ0v) is 12.3. The Morgan fingerprint density at radius 2 is 1.75 bits per heavy atom. The highest BCUT2D eigenvalue weighted by molar-refractivity contribution is 5.29. The highest BCUT2D eigenvalue weighted by Crippen LogP contribution is 2.22. The van der Waals surface area contributed by atoms with Crippen molar-refractivity contribution in [3.05, 3.63) is 18.5 Å². The number of aromatic nitrogens is 2. The first-order valence-corrected chi connectivity index (χ1v) is 7.81. The molecule has 0 amide bonds. The van der Waals surface area contributed by atoms with Gasteiger partial charge in [0, 0.05) is 44.6 Å². The topological polar surface area (TPSA) is 44.3 Å². The largest absolute Gasteiger partial charge is 0.338 e. The van der Waals surface area contributed by atoms with E-state index >= 15 is 0 Å². The van der Waals surface area contributed by atoms with E-state index in [0.29, 0.717) is 6.04 Å². The highest BCUT2D eigenvalue weighted by atomic mass is 15.3. The molecule has 1 aromatic heterocycles. The van der Waals surface area contributed by atoms with Gasteiger partial charge in [0.2, 0.25) is 5.95 Å². The molecular weight excluding hydrogens is 250 g/mol. The van der Waals surface area contributed by atoms with E-state index in [1.165, 1.54) is 25.9 Å². The van der Waals surface area contributed by atoms with Crippen molar-refractivity contribution in [3.8, 4) is 0 Å². The number of piperidine rings is 1. The second-order valence-electron chi connectivity index (χ2n) is 5.90. The first-order valence-electron chi connectivity index (χ1n) is 7.81. The van der Waals surface area contributed by atoms with Gasteiger partial charge in [-0.05, 0) is 44.8 Å². The van der Waals surface area contributed by atoms with Crippen molar-refractivity contribution in [1.82, 2.24) is 20.2 Å². The van der Waals surface area contributed by atoms with Crippen LogP contribution >= 0.6 is 0 Å². The second kappa shape index (κ2) is 6.50. The molecule has 0 radical (unpaired) electrons. The lowest BCUT2D eigenvalue weighted by atomic mass is 9.90. The first kappa shape index (κ1) is 13.8. The molecule has 1 N–H and O–H groups in total. The van der Waals surface area contributed by atoms with E-state index in [1.807, 2.05) is 18.5 Å². The lowest BCUT2D eigenvalue weighted by Crippen LogP contribution is -2.52. The Morgan fingerprint density at radius 1 is 1.10 bits per heavy atom. The van der Waals surface area contributed by atoms with Crippen LogP contribution in [0.5, 0.6) is 0 Å². The number of hydrogen-bond acceptors (Lipinski definition) is 5. The third-order valence-electron chi connectivity index (χ3n) is 4.79. The van der Waals surface area contributed by atoms with Gasteiger partial charge < -0.3 is 10.2 Å². The summed E-state index contributed by atoms with van der Waals surface area (Å²) in [6.07, 6.45) is 6.30. The van der Waals surface area contributed by atoms with E-state index in [1.54, 1.807) is 0 Å². The molecule has 1 atom stereocenters. The van der Waals surface area contributed by atoms with Crippen LogP contribution < -0.4 is 10.2 Å². The summed E-state index contributed by atoms with van der Waals surface area (Å²) in [5, 5.41) is 3.46. The molecule has 2 aliphatic rings. The summed E-state index contributed by atoms with van der Waals surface area (Å²) in [6, 6.07) is 2.58. The van der Waals surface area contributed by atoms with Gasteiger partial charge in [-0.2, -0.15) is 0 Å². The summed E-state index contributed by atoms with van der Waals surface area (Å²) in [5.74, 6) is 1.73. The van der Waals surface area contributed by atoms with Crippen molar-refractivity contribution in [2.75, 3.05) is 44.2 Å². The minimum absolute atomic E-state index is 0.705. The molecule has 0 aromatic carbocycles. The van der Waals surface area contributed by atoms with Crippen LogP contribution in [0.1, 0.15) is 19.8 Å². The standard InChI is InChI=1S/C15H25N5/c1-13(14-3-7-16-8-4-14)19-9-11-20(12-10-19)15-17-5-2-6-18-15/h2,5-6,13-14,16H,3-4,7-12H2,1H3. The first-order chi connectivity index (χ1) is 9.84. The summed E-state index contributed by atoms with van der Waals surface area (Å²) in [6.45, 7) is 9.12. The van der Waals surface area contributed by atoms with Crippen molar-refractivity contribution < 1.29 is 0 Å². The Labute approximate surface area is 121 Å². The molecule has 3 rings (SSSR count). The fraction of sp³-hybridized carbons (Fsp3) is 0.733. The van der Waals surface area contributed by atoms with Gasteiger partial charge in [0.1, 0.15) is 0 Å². The Kier molecular flexibility index (Phi) is 4.47. The smallest absolute Gasteiger partial charge is 0.225 e. The number of anilines is 1. The maximum Gasteiger partial charge on any atom is 0.225 e. The van der Waals surface area contributed by atoms with Crippen molar-refractivity contribution >= 4 is 5.95 Å². The Balaban J connectivity index is 1.53. The quantitative estimate of drug-likeness (QED) is 0.891. The highest BCUT2D eigenvalue weighted by Gasteiger charge is 2.28. The molecule has 0 bridgehead atoms. The van der Waals surface area contributed by atoms with E-state index in [0.717, 1.165) is 38.0 Å². The third kappa shape index (κ3) is 3.10. The van der Waals surface area contributed by atoms with E-state index in [-0.39, 0.29) is 0 Å². The van der Waals surface area contributed by atoms with Crippen molar-refractivity contribution in [2.24, 2.45) is 5.92 Å². The van der Waals surface area contributed by atoms with Gasteiger partial charge in [-0.1, -0.05) is 0 Å². The molecule has 5 heteroatoms. The number of rotatable bonds is 3. The minimum Gasteiger partial charge on any atom is -0.338 e. The Hall–Kier alpha value is -1.20. The maximum absolute atomic E-state index is 4.35. The zero-order chi connectivity index (χ0) is 13.8. The Morgan fingerprint density at radius 3 is 2.40 bits per heavy atom. The molecule has 0 aliphatic carbocycles. The lowest BCUT2D eigenvalue weighted by molar-refractivity contribution is 0.126. The van der Waals surface area contributed by atoms with E-state index in [2.05, 4.69) is 32.0 Å². The number of hydrogen-bond donors (Lipinski definition) is 1. The summed E-state index contributed by atoms with van der Waals surface area (Å²) in [5.41, 5.74) is 0. The zero-order valence-electron chi connectivity index (χ0n) is 12.3. The van der Waals surface area contributed by atoms with Gasteiger partial charge in [0.25, 0.3) is 0 Å². The third-order valence-corrected chi connectivity index (χ3v) is 4.79. The average Bonchev–Trinajstić information content (AvgIpc) is 2.56. The summed E-state index contributed by atoms with van der Waals surface area (Å²) in [7, 11) is 0. The van der Waals surface area contributed by atoms with Gasteiger partial charge in [-0.3, -0.25) is 4.90 Å². The van der Waals surface area contributed by atoms with Crippen molar-refractivity contribution in [2.45, 2.75) is 25.8 Å². The predicted octanol–water partition coefficient (Wildman–Crippen LogP) is 0.987. The minimum atomic E-state index is 0.705. The van der Waals surface area contributed by atoms with Crippen LogP contribution in [-0.4, -0.2) is 60.2 Å². The fourth-order valence-corrected chi connectivity index (χ4v) is 3.41.